The summed E-state index contributed by atoms with van der Waals surface area (Å²) in [5.74, 6) is 0. The lowest BCUT2D eigenvalue weighted by molar-refractivity contribution is 0.183. The lowest BCUT2D eigenvalue weighted by atomic mass is 10.0. The van der Waals surface area contributed by atoms with Crippen LogP contribution in [0.25, 0.3) is 0 Å². The third-order valence-corrected chi connectivity index (χ3v) is 4.27. The summed E-state index contributed by atoms with van der Waals surface area (Å²) in [7, 11) is 1.68. The van der Waals surface area contributed by atoms with E-state index in [1.165, 1.54) is 11.1 Å². The van der Waals surface area contributed by atoms with Gasteiger partial charge < -0.3 is 15.0 Å². The Morgan fingerprint density at radius 3 is 2.57 bits per heavy atom. The SMILES string of the molecule is COCc1ccccc1CNC(=O)N1CCc2ccccc2C1. The first-order valence-electron chi connectivity index (χ1n) is 7.93. The molecule has 0 unspecified atom stereocenters. The normalized spacial score (nSPS) is 13.5. The van der Waals surface area contributed by atoms with Crippen LogP contribution in [0, 0.1) is 0 Å². The molecule has 1 aliphatic heterocycles. The van der Waals surface area contributed by atoms with Crippen LogP contribution in [-0.2, 0) is 30.9 Å². The van der Waals surface area contributed by atoms with Gasteiger partial charge in [0.1, 0.15) is 0 Å². The predicted octanol–water partition coefficient (Wildman–Crippen LogP) is 3.10. The second-order valence-corrected chi connectivity index (χ2v) is 5.80. The van der Waals surface area contributed by atoms with Crippen molar-refractivity contribution in [2.24, 2.45) is 0 Å². The third-order valence-electron chi connectivity index (χ3n) is 4.27. The molecule has 0 spiro atoms. The molecule has 4 nitrogen and oxygen atoms in total. The number of carbonyl (C=O) groups is 1. The number of hydrogen-bond donors (Lipinski definition) is 1. The molecule has 0 radical (unpaired) electrons. The Labute approximate surface area is 137 Å². The molecular weight excluding hydrogens is 288 g/mol. The first-order chi connectivity index (χ1) is 11.3. The molecule has 2 aromatic carbocycles. The second kappa shape index (κ2) is 7.29. The number of hydrogen-bond acceptors (Lipinski definition) is 2. The van der Waals surface area contributed by atoms with Gasteiger partial charge in [0.15, 0.2) is 0 Å². The van der Waals surface area contributed by atoms with Crippen LogP contribution in [0.3, 0.4) is 0 Å². The number of amides is 2. The molecule has 0 atom stereocenters. The Bertz CT molecular complexity index is 685. The monoisotopic (exact) mass is 310 g/mol. The maximum absolute atomic E-state index is 12.4. The lowest BCUT2D eigenvalue weighted by Gasteiger charge is -2.29. The van der Waals surface area contributed by atoms with E-state index in [-0.39, 0.29) is 6.03 Å². The zero-order valence-electron chi connectivity index (χ0n) is 13.4. The van der Waals surface area contributed by atoms with Gasteiger partial charge in [-0.3, -0.25) is 0 Å². The number of nitrogens with one attached hydrogen (secondary N) is 1. The summed E-state index contributed by atoms with van der Waals surface area (Å²) in [4.78, 5) is 14.3. The van der Waals surface area contributed by atoms with Crippen LogP contribution in [0.2, 0.25) is 0 Å². The summed E-state index contributed by atoms with van der Waals surface area (Å²) >= 11 is 0. The van der Waals surface area contributed by atoms with E-state index >= 15 is 0 Å². The van der Waals surface area contributed by atoms with Crippen molar-refractivity contribution < 1.29 is 9.53 Å². The van der Waals surface area contributed by atoms with Crippen LogP contribution >= 0.6 is 0 Å². The van der Waals surface area contributed by atoms with Crippen molar-refractivity contribution in [3.05, 3.63) is 70.8 Å². The van der Waals surface area contributed by atoms with E-state index < -0.39 is 0 Å². The molecule has 0 bridgehead atoms. The number of nitrogens with zero attached hydrogens (tertiary/aromatic N) is 1. The molecule has 0 saturated heterocycles. The Morgan fingerprint density at radius 2 is 1.78 bits per heavy atom. The van der Waals surface area contributed by atoms with Crippen molar-refractivity contribution in [1.82, 2.24) is 10.2 Å². The fourth-order valence-corrected chi connectivity index (χ4v) is 2.98. The fraction of sp³-hybridized carbons (Fsp3) is 0.316. The molecule has 23 heavy (non-hydrogen) atoms. The van der Waals surface area contributed by atoms with E-state index in [0.717, 1.165) is 24.1 Å². The van der Waals surface area contributed by atoms with E-state index in [1.54, 1.807) is 7.11 Å². The molecule has 4 heteroatoms. The summed E-state index contributed by atoms with van der Waals surface area (Å²) in [6, 6.07) is 16.4. The summed E-state index contributed by atoms with van der Waals surface area (Å²) in [6.45, 7) is 2.53. The van der Waals surface area contributed by atoms with Gasteiger partial charge in [0.05, 0.1) is 6.61 Å². The van der Waals surface area contributed by atoms with E-state index in [4.69, 9.17) is 4.74 Å². The zero-order chi connectivity index (χ0) is 16.1. The summed E-state index contributed by atoms with van der Waals surface area (Å²) in [5, 5.41) is 3.03. The quantitative estimate of drug-likeness (QED) is 0.943. The molecule has 0 aliphatic carbocycles. The minimum absolute atomic E-state index is 0.00766. The first kappa shape index (κ1) is 15.6. The Morgan fingerprint density at radius 1 is 1.09 bits per heavy atom. The van der Waals surface area contributed by atoms with Crippen molar-refractivity contribution >= 4 is 6.03 Å². The van der Waals surface area contributed by atoms with E-state index in [9.17, 15) is 4.79 Å². The van der Waals surface area contributed by atoms with Gasteiger partial charge in [-0.1, -0.05) is 48.5 Å². The molecule has 120 valence electrons. The van der Waals surface area contributed by atoms with Gasteiger partial charge in [0.2, 0.25) is 0 Å². The number of urea groups is 1. The molecular formula is C19H22N2O2. The highest BCUT2D eigenvalue weighted by Crippen LogP contribution is 2.18. The molecule has 3 rings (SSSR count). The van der Waals surface area contributed by atoms with Gasteiger partial charge in [-0.2, -0.15) is 0 Å². The van der Waals surface area contributed by atoms with Crippen LogP contribution < -0.4 is 5.32 Å². The Balaban J connectivity index is 1.60. The molecule has 2 amide bonds. The molecule has 1 N–H and O–H groups in total. The maximum Gasteiger partial charge on any atom is 0.317 e. The standard InChI is InChI=1S/C19H22N2O2/c1-23-14-18-9-5-3-7-16(18)12-20-19(22)21-11-10-15-6-2-4-8-17(15)13-21/h2-9H,10-14H2,1H3,(H,20,22). The molecule has 0 fully saturated rings. The van der Waals surface area contributed by atoms with Crippen molar-refractivity contribution in [2.75, 3.05) is 13.7 Å². The number of benzene rings is 2. The fourth-order valence-electron chi connectivity index (χ4n) is 2.98. The largest absolute Gasteiger partial charge is 0.380 e. The van der Waals surface area contributed by atoms with E-state index in [2.05, 4.69) is 23.5 Å². The van der Waals surface area contributed by atoms with Crippen molar-refractivity contribution in [2.45, 2.75) is 26.1 Å². The first-order valence-corrected chi connectivity index (χ1v) is 7.93. The van der Waals surface area contributed by atoms with Gasteiger partial charge >= 0.3 is 6.03 Å². The van der Waals surface area contributed by atoms with Crippen LogP contribution in [0.15, 0.2) is 48.5 Å². The number of methoxy groups -OCH3 is 1. The van der Waals surface area contributed by atoms with E-state index in [0.29, 0.717) is 19.7 Å². The summed E-state index contributed by atoms with van der Waals surface area (Å²) in [6.07, 6.45) is 0.920. The summed E-state index contributed by atoms with van der Waals surface area (Å²) in [5.41, 5.74) is 4.80. The minimum atomic E-state index is -0.00766. The average Bonchev–Trinajstić information content (AvgIpc) is 2.60. The Kier molecular flexibility index (Phi) is 4.93. The lowest BCUT2D eigenvalue weighted by Crippen LogP contribution is -2.42. The predicted molar refractivity (Wildman–Crippen MR) is 89.9 cm³/mol. The molecule has 1 aliphatic rings. The van der Waals surface area contributed by atoms with Crippen LogP contribution in [-0.4, -0.2) is 24.6 Å². The smallest absolute Gasteiger partial charge is 0.317 e. The average molecular weight is 310 g/mol. The minimum Gasteiger partial charge on any atom is -0.380 e. The van der Waals surface area contributed by atoms with Gasteiger partial charge in [-0.05, 0) is 28.7 Å². The zero-order valence-corrected chi connectivity index (χ0v) is 13.4. The number of rotatable bonds is 4. The third kappa shape index (κ3) is 3.71. The van der Waals surface area contributed by atoms with Gasteiger partial charge in [0, 0.05) is 26.7 Å². The maximum atomic E-state index is 12.4. The molecule has 2 aromatic rings. The van der Waals surface area contributed by atoms with Gasteiger partial charge in [-0.15, -0.1) is 0 Å². The van der Waals surface area contributed by atoms with Crippen molar-refractivity contribution in [3.63, 3.8) is 0 Å². The summed E-state index contributed by atoms with van der Waals surface area (Å²) < 4.78 is 5.21. The molecule has 0 saturated carbocycles. The number of fused-ring (bicyclic) bond motifs is 1. The van der Waals surface area contributed by atoms with Crippen molar-refractivity contribution in [3.8, 4) is 0 Å². The highest BCUT2D eigenvalue weighted by Gasteiger charge is 2.20. The highest BCUT2D eigenvalue weighted by molar-refractivity contribution is 5.74. The second-order valence-electron chi connectivity index (χ2n) is 5.80. The van der Waals surface area contributed by atoms with Crippen molar-refractivity contribution in [1.29, 1.82) is 0 Å². The Hall–Kier alpha value is -2.33. The van der Waals surface area contributed by atoms with Crippen LogP contribution in [0.1, 0.15) is 22.3 Å². The number of ether oxygens (including phenoxy) is 1. The topological polar surface area (TPSA) is 41.6 Å². The van der Waals surface area contributed by atoms with Crippen LogP contribution in [0.5, 0.6) is 0 Å². The molecule has 1 heterocycles. The number of carbonyl (C=O) groups excluding carboxylic acids is 1. The molecule has 0 aromatic heterocycles. The highest BCUT2D eigenvalue weighted by atomic mass is 16.5. The van der Waals surface area contributed by atoms with Gasteiger partial charge in [-0.25, -0.2) is 4.79 Å². The van der Waals surface area contributed by atoms with E-state index in [1.807, 2.05) is 35.2 Å². The van der Waals surface area contributed by atoms with Gasteiger partial charge in [0.25, 0.3) is 0 Å². The van der Waals surface area contributed by atoms with Crippen LogP contribution in [0.4, 0.5) is 4.79 Å².